The lowest BCUT2D eigenvalue weighted by molar-refractivity contribution is -0.139. The van der Waals surface area contributed by atoms with Crippen LogP contribution in [0.15, 0.2) is 33.7 Å². The van der Waals surface area contributed by atoms with E-state index in [-0.39, 0.29) is 23.1 Å². The molecule has 9 heteroatoms. The Bertz CT molecular complexity index is 959. The second-order valence-corrected chi connectivity index (χ2v) is 8.61. The maximum Gasteiger partial charge on any atom is 0.277 e. The highest BCUT2D eigenvalue weighted by atomic mass is 32.2. The van der Waals surface area contributed by atoms with E-state index in [4.69, 9.17) is 4.52 Å². The average Bonchev–Trinajstić information content (AvgIpc) is 3.21. The number of hydrogen-bond acceptors (Lipinski definition) is 6. The van der Waals surface area contributed by atoms with Crippen LogP contribution in [-0.2, 0) is 21.1 Å². The largest absolute Gasteiger partial charge is 0.361 e. The lowest BCUT2D eigenvalue weighted by Crippen LogP contribution is -2.45. The minimum absolute atomic E-state index is 0.0788. The molecule has 0 spiro atoms. The molecule has 2 amide bonds. The molecule has 0 N–H and O–H groups in total. The van der Waals surface area contributed by atoms with Crippen LogP contribution in [-0.4, -0.2) is 54.8 Å². The standard InChI is InChI=1S/C18H21N3O5S/c1-12-17(13(2)26-19-12)18(23)21-10-4-9-20(21)16(22)11-14-5-7-15(8-6-14)27(3,24)25/h5-8H,4,9-11H2,1-3H3. The Morgan fingerprint density at radius 2 is 1.74 bits per heavy atom. The van der Waals surface area contributed by atoms with E-state index < -0.39 is 9.84 Å². The Kier molecular flexibility index (Phi) is 5.05. The molecule has 8 nitrogen and oxygen atoms in total. The van der Waals surface area contributed by atoms with E-state index in [9.17, 15) is 18.0 Å². The van der Waals surface area contributed by atoms with Gasteiger partial charge in [0, 0.05) is 19.3 Å². The molecular weight excluding hydrogens is 370 g/mol. The Hall–Kier alpha value is -2.68. The summed E-state index contributed by atoms with van der Waals surface area (Å²) in [5.41, 5.74) is 1.56. The fraction of sp³-hybridized carbons (Fsp3) is 0.389. The lowest BCUT2D eigenvalue weighted by atomic mass is 10.1. The van der Waals surface area contributed by atoms with Gasteiger partial charge in [-0.15, -0.1) is 0 Å². The number of hydrazine groups is 1. The van der Waals surface area contributed by atoms with Crippen molar-refractivity contribution in [2.45, 2.75) is 31.6 Å². The molecule has 0 saturated carbocycles. The third kappa shape index (κ3) is 3.87. The highest BCUT2D eigenvalue weighted by Gasteiger charge is 2.33. The van der Waals surface area contributed by atoms with Crippen LogP contribution >= 0.6 is 0 Å². The third-order valence-electron chi connectivity index (χ3n) is 4.51. The second kappa shape index (κ2) is 7.15. The summed E-state index contributed by atoms with van der Waals surface area (Å²) in [6.07, 6.45) is 1.90. The van der Waals surface area contributed by atoms with E-state index in [2.05, 4.69) is 5.16 Å². The van der Waals surface area contributed by atoms with Gasteiger partial charge in [0.2, 0.25) is 5.91 Å². The predicted octanol–water partition coefficient (Wildman–Crippen LogP) is 1.53. The monoisotopic (exact) mass is 391 g/mol. The first-order valence-electron chi connectivity index (χ1n) is 8.52. The molecule has 1 aromatic heterocycles. The molecule has 0 unspecified atom stereocenters. The smallest absolute Gasteiger partial charge is 0.277 e. The summed E-state index contributed by atoms with van der Waals surface area (Å²) in [7, 11) is -3.28. The first-order chi connectivity index (χ1) is 12.7. The zero-order valence-corrected chi connectivity index (χ0v) is 16.2. The van der Waals surface area contributed by atoms with Gasteiger partial charge in [0.15, 0.2) is 9.84 Å². The van der Waals surface area contributed by atoms with Gasteiger partial charge in [0.05, 0.1) is 17.0 Å². The van der Waals surface area contributed by atoms with Crippen molar-refractivity contribution >= 4 is 21.7 Å². The number of benzene rings is 1. The van der Waals surface area contributed by atoms with Crippen LogP contribution in [0.5, 0.6) is 0 Å². The molecule has 0 radical (unpaired) electrons. The predicted molar refractivity (Wildman–Crippen MR) is 96.6 cm³/mol. The van der Waals surface area contributed by atoms with Crippen molar-refractivity contribution in [3.63, 3.8) is 0 Å². The highest BCUT2D eigenvalue weighted by Crippen LogP contribution is 2.21. The molecule has 1 saturated heterocycles. The summed E-state index contributed by atoms with van der Waals surface area (Å²) >= 11 is 0. The van der Waals surface area contributed by atoms with Crippen molar-refractivity contribution in [2.24, 2.45) is 0 Å². The molecule has 144 valence electrons. The molecule has 1 aliphatic rings. The molecule has 2 aromatic rings. The van der Waals surface area contributed by atoms with Crippen LogP contribution < -0.4 is 0 Å². The van der Waals surface area contributed by atoms with Gasteiger partial charge in [-0.25, -0.2) is 13.4 Å². The van der Waals surface area contributed by atoms with Crippen molar-refractivity contribution in [3.05, 3.63) is 46.8 Å². The molecule has 1 fully saturated rings. The zero-order valence-electron chi connectivity index (χ0n) is 15.4. The molecule has 0 atom stereocenters. The zero-order chi connectivity index (χ0) is 19.8. The van der Waals surface area contributed by atoms with E-state index in [1.165, 1.54) is 22.2 Å². The number of aryl methyl sites for hydroxylation is 2. The van der Waals surface area contributed by atoms with Gasteiger partial charge in [-0.3, -0.25) is 14.6 Å². The molecule has 27 heavy (non-hydrogen) atoms. The Morgan fingerprint density at radius 1 is 1.11 bits per heavy atom. The number of rotatable bonds is 4. The van der Waals surface area contributed by atoms with Crippen molar-refractivity contribution in [1.82, 2.24) is 15.2 Å². The fourth-order valence-electron chi connectivity index (χ4n) is 3.12. The molecule has 0 aliphatic carbocycles. The molecule has 3 rings (SSSR count). The van der Waals surface area contributed by atoms with Crippen LogP contribution in [0.1, 0.15) is 33.8 Å². The number of nitrogens with zero attached hydrogens (tertiary/aromatic N) is 3. The summed E-state index contributed by atoms with van der Waals surface area (Å²) in [4.78, 5) is 25.8. The minimum Gasteiger partial charge on any atom is -0.361 e. The van der Waals surface area contributed by atoms with E-state index in [1.807, 2.05) is 0 Å². The number of carbonyl (C=O) groups is 2. The van der Waals surface area contributed by atoms with E-state index in [1.54, 1.807) is 26.0 Å². The summed E-state index contributed by atoms with van der Waals surface area (Å²) in [6.45, 7) is 4.26. The van der Waals surface area contributed by atoms with Gasteiger partial charge >= 0.3 is 0 Å². The van der Waals surface area contributed by atoms with Gasteiger partial charge in [-0.2, -0.15) is 0 Å². The van der Waals surface area contributed by atoms with Crippen molar-refractivity contribution in [1.29, 1.82) is 0 Å². The van der Waals surface area contributed by atoms with E-state index >= 15 is 0 Å². The van der Waals surface area contributed by atoms with Gasteiger partial charge in [0.1, 0.15) is 11.3 Å². The molecular formula is C18H21N3O5S. The highest BCUT2D eigenvalue weighted by molar-refractivity contribution is 7.90. The first-order valence-corrected chi connectivity index (χ1v) is 10.4. The normalized spacial score (nSPS) is 14.6. The maximum absolute atomic E-state index is 12.8. The molecule has 2 heterocycles. The Balaban J connectivity index is 1.75. The van der Waals surface area contributed by atoms with Crippen LogP contribution in [0, 0.1) is 13.8 Å². The van der Waals surface area contributed by atoms with Crippen LogP contribution in [0.4, 0.5) is 0 Å². The molecule has 1 aromatic carbocycles. The fourth-order valence-corrected chi connectivity index (χ4v) is 3.75. The second-order valence-electron chi connectivity index (χ2n) is 6.59. The summed E-state index contributed by atoms with van der Waals surface area (Å²) in [5, 5.41) is 6.67. The van der Waals surface area contributed by atoms with Crippen molar-refractivity contribution in [2.75, 3.05) is 19.3 Å². The molecule has 1 aliphatic heterocycles. The summed E-state index contributed by atoms with van der Waals surface area (Å²) in [5.74, 6) is -0.0996. The SMILES string of the molecule is Cc1noc(C)c1C(=O)N1CCCN1C(=O)Cc1ccc(S(C)(=O)=O)cc1. The van der Waals surface area contributed by atoms with Crippen LogP contribution in [0.3, 0.4) is 0 Å². The summed E-state index contributed by atoms with van der Waals surface area (Å²) in [6, 6.07) is 6.19. The number of aromatic nitrogens is 1. The first kappa shape index (κ1) is 19.1. The van der Waals surface area contributed by atoms with Gasteiger partial charge in [-0.1, -0.05) is 17.3 Å². The minimum atomic E-state index is -3.28. The van der Waals surface area contributed by atoms with Crippen LogP contribution in [0.2, 0.25) is 0 Å². The van der Waals surface area contributed by atoms with Gasteiger partial charge in [0.25, 0.3) is 5.91 Å². The van der Waals surface area contributed by atoms with E-state index in [0.29, 0.717) is 42.1 Å². The maximum atomic E-state index is 12.8. The lowest BCUT2D eigenvalue weighted by Gasteiger charge is -2.28. The average molecular weight is 391 g/mol. The van der Waals surface area contributed by atoms with Crippen LogP contribution in [0.25, 0.3) is 0 Å². The third-order valence-corrected chi connectivity index (χ3v) is 5.64. The quantitative estimate of drug-likeness (QED) is 0.783. The molecule has 0 bridgehead atoms. The van der Waals surface area contributed by atoms with E-state index in [0.717, 1.165) is 6.26 Å². The Morgan fingerprint density at radius 3 is 2.30 bits per heavy atom. The summed E-state index contributed by atoms with van der Waals surface area (Å²) < 4.78 is 28.1. The van der Waals surface area contributed by atoms with Gasteiger partial charge < -0.3 is 4.52 Å². The Labute approximate surface area is 157 Å². The number of amides is 2. The topological polar surface area (TPSA) is 101 Å². The number of carbonyl (C=O) groups excluding carboxylic acids is 2. The van der Waals surface area contributed by atoms with Crippen molar-refractivity contribution in [3.8, 4) is 0 Å². The van der Waals surface area contributed by atoms with Gasteiger partial charge in [-0.05, 0) is 38.0 Å². The number of sulfone groups is 1. The number of hydrogen-bond donors (Lipinski definition) is 0. The van der Waals surface area contributed by atoms with Crippen molar-refractivity contribution < 1.29 is 22.5 Å².